The molecule has 6 heteroatoms. The van der Waals surface area contributed by atoms with Gasteiger partial charge in [0.2, 0.25) is 5.28 Å². The van der Waals surface area contributed by atoms with E-state index in [2.05, 4.69) is 15.2 Å². The Bertz CT molecular complexity index is 460. The Labute approximate surface area is 96.7 Å². The molecule has 0 bridgehead atoms. The summed E-state index contributed by atoms with van der Waals surface area (Å²) in [4.78, 5) is 5.64. The minimum absolute atomic E-state index is 0.0563. The van der Waals surface area contributed by atoms with E-state index in [0.717, 1.165) is 0 Å². The summed E-state index contributed by atoms with van der Waals surface area (Å²) < 4.78 is 13.0. The normalized spacial score (nSPS) is 10.2. The molecule has 0 aliphatic rings. The second-order valence-corrected chi connectivity index (χ2v) is 3.46. The molecule has 2 aromatic rings. The number of hydrogen-bond acceptors (Lipinski definition) is 4. The van der Waals surface area contributed by atoms with E-state index in [9.17, 15) is 4.39 Å². The van der Waals surface area contributed by atoms with Crippen LogP contribution in [0.1, 0.15) is 0 Å². The van der Waals surface area contributed by atoms with Gasteiger partial charge in [-0.3, -0.25) is 0 Å². The van der Waals surface area contributed by atoms with Crippen LogP contribution in [-0.2, 0) is 0 Å². The summed E-state index contributed by atoms with van der Waals surface area (Å²) >= 11 is 5.62. The first-order valence-corrected chi connectivity index (χ1v) is 4.89. The summed E-state index contributed by atoms with van der Waals surface area (Å²) in [6.07, 6.45) is 1.46. The van der Waals surface area contributed by atoms with Crippen LogP contribution in [0.4, 0.5) is 15.9 Å². The van der Waals surface area contributed by atoms with E-state index in [-0.39, 0.29) is 11.1 Å². The van der Waals surface area contributed by atoms with Crippen molar-refractivity contribution in [2.75, 3.05) is 11.9 Å². The number of benzene rings is 1. The Morgan fingerprint density at radius 1 is 1.38 bits per heavy atom. The number of hydrogen-bond donors (Lipinski definition) is 0. The summed E-state index contributed by atoms with van der Waals surface area (Å²) in [5.41, 5.74) is 0.663. The lowest BCUT2D eigenvalue weighted by Crippen LogP contribution is -2.12. The van der Waals surface area contributed by atoms with Crippen molar-refractivity contribution in [3.8, 4) is 0 Å². The van der Waals surface area contributed by atoms with Gasteiger partial charge in [-0.2, -0.15) is 10.1 Å². The predicted octanol–water partition coefficient (Wildman–Crippen LogP) is 2.43. The lowest BCUT2D eigenvalue weighted by atomic mass is 10.3. The van der Waals surface area contributed by atoms with Gasteiger partial charge in [-0.15, -0.1) is 5.10 Å². The van der Waals surface area contributed by atoms with E-state index in [1.54, 1.807) is 24.1 Å². The van der Waals surface area contributed by atoms with Gasteiger partial charge in [0.1, 0.15) is 5.82 Å². The van der Waals surface area contributed by atoms with Crippen LogP contribution in [-0.4, -0.2) is 22.2 Å². The van der Waals surface area contributed by atoms with Crippen molar-refractivity contribution >= 4 is 23.1 Å². The third-order valence-corrected chi connectivity index (χ3v) is 2.22. The molecule has 0 aliphatic carbocycles. The minimum Gasteiger partial charge on any atom is -0.328 e. The molecule has 0 fully saturated rings. The van der Waals surface area contributed by atoms with Gasteiger partial charge in [-0.05, 0) is 29.8 Å². The van der Waals surface area contributed by atoms with Gasteiger partial charge in [0.25, 0.3) is 0 Å². The average Bonchev–Trinajstić information content (AvgIpc) is 2.28. The Hall–Kier alpha value is -1.75. The van der Waals surface area contributed by atoms with Crippen molar-refractivity contribution in [3.05, 3.63) is 41.6 Å². The molecule has 1 aromatic carbocycles. The second-order valence-electron chi connectivity index (χ2n) is 3.12. The summed E-state index contributed by atoms with van der Waals surface area (Å²) in [5, 5.41) is 7.27. The van der Waals surface area contributed by atoms with E-state index in [1.807, 2.05) is 0 Å². The molecular formula is C10H8ClFN4. The standard InChI is InChI=1S/C10H8ClFN4/c1-16(8-4-2-3-7(12)5-8)9-6-13-15-10(11)14-9/h2-6H,1H3. The molecule has 4 nitrogen and oxygen atoms in total. The predicted molar refractivity (Wildman–Crippen MR) is 59.3 cm³/mol. The van der Waals surface area contributed by atoms with Gasteiger partial charge < -0.3 is 4.90 Å². The molecule has 0 saturated carbocycles. The quantitative estimate of drug-likeness (QED) is 0.806. The van der Waals surface area contributed by atoms with Crippen LogP contribution in [0.2, 0.25) is 5.28 Å². The van der Waals surface area contributed by atoms with Crippen molar-refractivity contribution in [3.63, 3.8) is 0 Å². The largest absolute Gasteiger partial charge is 0.328 e. The molecular weight excluding hydrogens is 231 g/mol. The fraction of sp³-hybridized carbons (Fsp3) is 0.100. The maximum Gasteiger partial charge on any atom is 0.244 e. The number of halogens is 2. The lowest BCUT2D eigenvalue weighted by molar-refractivity contribution is 0.628. The second kappa shape index (κ2) is 4.40. The Balaban J connectivity index is 2.35. The maximum atomic E-state index is 13.0. The van der Waals surface area contributed by atoms with Gasteiger partial charge in [0.05, 0.1) is 6.20 Å². The molecule has 1 aromatic heterocycles. The Morgan fingerprint density at radius 3 is 2.88 bits per heavy atom. The molecule has 0 radical (unpaired) electrons. The molecule has 0 amide bonds. The molecule has 0 atom stereocenters. The van der Waals surface area contributed by atoms with Gasteiger partial charge in [0, 0.05) is 12.7 Å². The molecule has 0 saturated heterocycles. The summed E-state index contributed by atoms with van der Waals surface area (Å²) in [6, 6.07) is 6.16. The van der Waals surface area contributed by atoms with E-state index in [4.69, 9.17) is 11.6 Å². The molecule has 16 heavy (non-hydrogen) atoms. The van der Waals surface area contributed by atoms with E-state index in [1.165, 1.54) is 18.3 Å². The maximum absolute atomic E-state index is 13.0. The van der Waals surface area contributed by atoms with Crippen LogP contribution in [0.3, 0.4) is 0 Å². The third-order valence-electron chi connectivity index (χ3n) is 2.06. The van der Waals surface area contributed by atoms with Crippen LogP contribution in [0.15, 0.2) is 30.5 Å². The van der Waals surface area contributed by atoms with Crippen molar-refractivity contribution in [2.24, 2.45) is 0 Å². The van der Waals surface area contributed by atoms with E-state index in [0.29, 0.717) is 11.5 Å². The highest BCUT2D eigenvalue weighted by Gasteiger charge is 2.07. The highest BCUT2D eigenvalue weighted by molar-refractivity contribution is 6.28. The van der Waals surface area contributed by atoms with Gasteiger partial charge in [-0.1, -0.05) is 6.07 Å². The first-order valence-electron chi connectivity index (χ1n) is 4.51. The third kappa shape index (κ3) is 2.25. The SMILES string of the molecule is CN(c1cccc(F)c1)c1cnnc(Cl)n1. The van der Waals surface area contributed by atoms with Crippen LogP contribution in [0.5, 0.6) is 0 Å². The number of anilines is 2. The monoisotopic (exact) mass is 238 g/mol. The summed E-state index contributed by atoms with van der Waals surface area (Å²) in [7, 11) is 1.75. The van der Waals surface area contributed by atoms with Gasteiger partial charge in [0.15, 0.2) is 5.82 Å². The van der Waals surface area contributed by atoms with Crippen molar-refractivity contribution in [1.29, 1.82) is 0 Å². The Kier molecular flexibility index (Phi) is 2.96. The molecule has 0 N–H and O–H groups in total. The number of nitrogens with zero attached hydrogens (tertiary/aromatic N) is 4. The molecule has 0 aliphatic heterocycles. The topological polar surface area (TPSA) is 41.9 Å². The number of rotatable bonds is 2. The van der Waals surface area contributed by atoms with Crippen molar-refractivity contribution in [1.82, 2.24) is 15.2 Å². The molecule has 82 valence electrons. The minimum atomic E-state index is -0.308. The zero-order chi connectivity index (χ0) is 11.5. The average molecular weight is 239 g/mol. The fourth-order valence-electron chi connectivity index (χ4n) is 1.25. The first kappa shape index (κ1) is 10.8. The van der Waals surface area contributed by atoms with Gasteiger partial charge >= 0.3 is 0 Å². The zero-order valence-electron chi connectivity index (χ0n) is 8.43. The first-order chi connectivity index (χ1) is 7.66. The highest BCUT2D eigenvalue weighted by Crippen LogP contribution is 2.21. The van der Waals surface area contributed by atoms with Crippen LogP contribution in [0, 0.1) is 5.82 Å². The molecule has 0 unspecified atom stereocenters. The molecule has 1 heterocycles. The van der Waals surface area contributed by atoms with E-state index < -0.39 is 0 Å². The van der Waals surface area contributed by atoms with Crippen molar-refractivity contribution in [2.45, 2.75) is 0 Å². The van der Waals surface area contributed by atoms with E-state index >= 15 is 0 Å². The van der Waals surface area contributed by atoms with Crippen LogP contribution >= 0.6 is 11.6 Å². The Morgan fingerprint density at radius 2 is 2.19 bits per heavy atom. The summed E-state index contributed by atoms with van der Waals surface area (Å²) in [6.45, 7) is 0. The smallest absolute Gasteiger partial charge is 0.244 e. The lowest BCUT2D eigenvalue weighted by Gasteiger charge is -2.17. The number of aromatic nitrogens is 3. The fourth-order valence-corrected chi connectivity index (χ4v) is 1.38. The molecule has 0 spiro atoms. The van der Waals surface area contributed by atoms with Crippen molar-refractivity contribution < 1.29 is 4.39 Å². The zero-order valence-corrected chi connectivity index (χ0v) is 9.19. The molecule has 2 rings (SSSR count). The van der Waals surface area contributed by atoms with Crippen LogP contribution < -0.4 is 4.90 Å². The van der Waals surface area contributed by atoms with Gasteiger partial charge in [-0.25, -0.2) is 4.39 Å². The summed E-state index contributed by atoms with van der Waals surface area (Å²) in [5.74, 6) is 0.197. The van der Waals surface area contributed by atoms with Crippen LogP contribution in [0.25, 0.3) is 0 Å². The highest BCUT2D eigenvalue weighted by atomic mass is 35.5.